The van der Waals surface area contributed by atoms with Crippen LogP contribution in [0.4, 0.5) is 48.3 Å². The van der Waals surface area contributed by atoms with E-state index < -0.39 is 49.6 Å². The second-order valence-electron chi connectivity index (χ2n) is 4.39. The lowest BCUT2D eigenvalue weighted by atomic mass is 10.2. The fourth-order valence-electron chi connectivity index (χ4n) is 1.09. The second kappa shape index (κ2) is 5.88. The third-order valence-electron chi connectivity index (χ3n) is 2.43. The minimum absolute atomic E-state index is 0.00840. The Labute approximate surface area is 120 Å². The molecule has 2 unspecified atom stereocenters. The molecule has 138 valence electrons. The largest absolute Gasteiger partial charge is 0.462 e. The monoisotopic (exact) mass is 372 g/mol. The highest BCUT2D eigenvalue weighted by molar-refractivity contribution is 4.89. The van der Waals surface area contributed by atoms with Crippen LogP contribution in [-0.4, -0.2) is 56.2 Å². The van der Waals surface area contributed by atoms with Crippen molar-refractivity contribution in [3.63, 3.8) is 0 Å². The van der Waals surface area contributed by atoms with E-state index in [1.807, 2.05) is 0 Å². The molecule has 1 aliphatic rings. The Morgan fingerprint density at radius 1 is 0.826 bits per heavy atom. The van der Waals surface area contributed by atoms with Gasteiger partial charge in [-0.15, -0.1) is 0 Å². The van der Waals surface area contributed by atoms with E-state index in [1.165, 1.54) is 0 Å². The van der Waals surface area contributed by atoms with E-state index in [2.05, 4.69) is 14.2 Å². The summed E-state index contributed by atoms with van der Waals surface area (Å²) in [6.45, 7) is -3.11. The number of rotatable bonds is 7. The zero-order valence-electron chi connectivity index (χ0n) is 10.6. The van der Waals surface area contributed by atoms with Gasteiger partial charge in [-0.25, -0.2) is 0 Å². The summed E-state index contributed by atoms with van der Waals surface area (Å²) in [4.78, 5) is 0. The van der Waals surface area contributed by atoms with Crippen molar-refractivity contribution in [1.29, 1.82) is 0 Å². The molecular weight excluding hydrogens is 365 g/mol. The molecule has 3 nitrogen and oxygen atoms in total. The van der Waals surface area contributed by atoms with Crippen LogP contribution in [0.2, 0.25) is 0 Å². The molecule has 0 aliphatic carbocycles. The number of alkyl halides is 11. The van der Waals surface area contributed by atoms with E-state index in [9.17, 15) is 48.3 Å². The highest BCUT2D eigenvalue weighted by Gasteiger charge is 2.78. The first-order valence-electron chi connectivity index (χ1n) is 5.51. The van der Waals surface area contributed by atoms with Crippen molar-refractivity contribution in [3.05, 3.63) is 0 Å². The summed E-state index contributed by atoms with van der Waals surface area (Å²) >= 11 is 0. The molecule has 0 saturated carbocycles. The summed E-state index contributed by atoms with van der Waals surface area (Å²) in [7, 11) is 0. The lowest BCUT2D eigenvalue weighted by molar-refractivity contribution is -0.486. The first kappa shape index (κ1) is 20.2. The quantitative estimate of drug-likeness (QED) is 0.507. The number of ether oxygens (including phenoxy) is 3. The summed E-state index contributed by atoms with van der Waals surface area (Å²) in [6, 6.07) is 0. The lowest BCUT2D eigenvalue weighted by Gasteiger charge is -2.34. The third-order valence-corrected chi connectivity index (χ3v) is 2.43. The molecule has 1 heterocycles. The maximum Gasteiger partial charge on any atom is 0.462 e. The van der Waals surface area contributed by atoms with E-state index in [4.69, 9.17) is 0 Å². The van der Waals surface area contributed by atoms with Crippen LogP contribution in [0.5, 0.6) is 0 Å². The van der Waals surface area contributed by atoms with Crippen LogP contribution in [0.1, 0.15) is 0 Å². The Morgan fingerprint density at radius 3 is 1.65 bits per heavy atom. The van der Waals surface area contributed by atoms with Crippen LogP contribution in [-0.2, 0) is 14.2 Å². The molecule has 23 heavy (non-hydrogen) atoms. The van der Waals surface area contributed by atoms with Crippen molar-refractivity contribution < 1.29 is 62.5 Å². The Bertz CT molecular complexity index is 414. The normalized spacial score (nSPS) is 22.8. The van der Waals surface area contributed by atoms with Crippen LogP contribution in [0.15, 0.2) is 0 Å². The standard InChI is InChI=1S/C9H7F11O3/c10-5(7(13,14)15,3-21-1-4-2-22-4)23-9(19,20)6(11,12)8(16,17)18/h4H,1-3H2. The predicted molar refractivity (Wildman–Crippen MR) is 47.5 cm³/mol. The lowest BCUT2D eigenvalue weighted by Crippen LogP contribution is -2.60. The van der Waals surface area contributed by atoms with Gasteiger partial charge in [0.15, 0.2) is 0 Å². The molecular formula is C9H7F11O3. The third kappa shape index (κ3) is 4.35. The Morgan fingerprint density at radius 2 is 1.30 bits per heavy atom. The van der Waals surface area contributed by atoms with Crippen LogP contribution in [0, 0.1) is 0 Å². The van der Waals surface area contributed by atoms with Crippen LogP contribution in [0.3, 0.4) is 0 Å². The summed E-state index contributed by atoms with van der Waals surface area (Å²) in [6.07, 6.45) is -21.0. The minimum Gasteiger partial charge on any atom is -0.372 e. The highest BCUT2D eigenvalue weighted by atomic mass is 19.4. The molecule has 14 heteroatoms. The first-order chi connectivity index (χ1) is 10.0. The van der Waals surface area contributed by atoms with Crippen molar-refractivity contribution in [2.75, 3.05) is 19.8 Å². The molecule has 1 fully saturated rings. The molecule has 1 saturated heterocycles. The summed E-state index contributed by atoms with van der Waals surface area (Å²) < 4.78 is 147. The second-order valence-corrected chi connectivity index (χ2v) is 4.39. The van der Waals surface area contributed by atoms with Crippen molar-refractivity contribution in [1.82, 2.24) is 0 Å². The van der Waals surface area contributed by atoms with E-state index in [0.717, 1.165) is 0 Å². The van der Waals surface area contributed by atoms with E-state index >= 15 is 0 Å². The zero-order chi connectivity index (χ0) is 18.3. The van der Waals surface area contributed by atoms with Gasteiger partial charge in [-0.2, -0.15) is 48.3 Å². The number of hydrogen-bond donors (Lipinski definition) is 0. The Hall–Kier alpha value is -0.890. The maximum absolute atomic E-state index is 13.5. The van der Waals surface area contributed by atoms with Gasteiger partial charge in [0.05, 0.1) is 13.2 Å². The minimum atomic E-state index is -7.07. The predicted octanol–water partition coefficient (Wildman–Crippen LogP) is 3.44. The summed E-state index contributed by atoms with van der Waals surface area (Å²) in [5.74, 6) is -12.7. The molecule has 0 aromatic heterocycles. The maximum atomic E-state index is 13.5. The van der Waals surface area contributed by atoms with Gasteiger partial charge < -0.3 is 9.47 Å². The SMILES string of the molecule is FC(F)(F)C(F)(COCC1CO1)OC(F)(F)C(F)(F)C(F)(F)F. The van der Waals surface area contributed by atoms with Gasteiger partial charge in [-0.3, -0.25) is 4.74 Å². The molecule has 1 rings (SSSR count). The smallest absolute Gasteiger partial charge is 0.372 e. The number of halogens is 11. The molecule has 2 atom stereocenters. The average Bonchev–Trinajstić information content (AvgIpc) is 3.08. The van der Waals surface area contributed by atoms with E-state index in [0.29, 0.717) is 0 Å². The van der Waals surface area contributed by atoms with Crippen molar-refractivity contribution in [2.24, 2.45) is 0 Å². The van der Waals surface area contributed by atoms with Crippen LogP contribution >= 0.6 is 0 Å². The number of hydrogen-bond acceptors (Lipinski definition) is 3. The van der Waals surface area contributed by atoms with E-state index in [1.54, 1.807) is 0 Å². The summed E-state index contributed by atoms with van der Waals surface area (Å²) in [5, 5.41) is 0. The molecule has 1 aliphatic heterocycles. The number of epoxide rings is 1. The first-order valence-corrected chi connectivity index (χ1v) is 5.51. The van der Waals surface area contributed by atoms with Crippen molar-refractivity contribution in [2.45, 2.75) is 36.3 Å². The molecule has 0 aromatic rings. The van der Waals surface area contributed by atoms with Crippen molar-refractivity contribution >= 4 is 0 Å². The van der Waals surface area contributed by atoms with Gasteiger partial charge in [0.1, 0.15) is 12.7 Å². The van der Waals surface area contributed by atoms with Gasteiger partial charge >= 0.3 is 30.2 Å². The highest BCUT2D eigenvalue weighted by Crippen LogP contribution is 2.50. The van der Waals surface area contributed by atoms with Gasteiger partial charge in [0.2, 0.25) is 0 Å². The van der Waals surface area contributed by atoms with Gasteiger partial charge in [-0.05, 0) is 0 Å². The van der Waals surface area contributed by atoms with E-state index in [-0.39, 0.29) is 6.61 Å². The molecule has 0 spiro atoms. The van der Waals surface area contributed by atoms with Gasteiger partial charge in [-0.1, -0.05) is 0 Å². The average molecular weight is 372 g/mol. The molecule has 0 aromatic carbocycles. The molecule has 0 N–H and O–H groups in total. The molecule has 0 bridgehead atoms. The fourth-order valence-corrected chi connectivity index (χ4v) is 1.09. The topological polar surface area (TPSA) is 31.0 Å². The van der Waals surface area contributed by atoms with Crippen LogP contribution < -0.4 is 0 Å². The van der Waals surface area contributed by atoms with Gasteiger partial charge in [0.25, 0.3) is 0 Å². The fraction of sp³-hybridized carbons (Fsp3) is 1.00. The molecule has 0 amide bonds. The zero-order valence-corrected chi connectivity index (χ0v) is 10.6. The summed E-state index contributed by atoms with van der Waals surface area (Å²) in [5.41, 5.74) is 0. The van der Waals surface area contributed by atoms with Crippen LogP contribution in [0.25, 0.3) is 0 Å². The Kier molecular flexibility index (Phi) is 5.15. The Balaban J connectivity index is 2.94. The molecule has 0 radical (unpaired) electrons. The van der Waals surface area contributed by atoms with Crippen molar-refractivity contribution in [3.8, 4) is 0 Å². The van der Waals surface area contributed by atoms with Gasteiger partial charge in [0, 0.05) is 0 Å².